The maximum Gasteiger partial charge on any atom is 0.258 e. The van der Waals surface area contributed by atoms with Gasteiger partial charge in [0.25, 0.3) is 5.88 Å². The fourth-order valence-electron chi connectivity index (χ4n) is 3.68. The minimum absolute atomic E-state index is 0.0720. The lowest BCUT2D eigenvalue weighted by molar-refractivity contribution is 0.218. The highest BCUT2D eigenvalue weighted by Crippen LogP contribution is 2.38. The highest BCUT2D eigenvalue weighted by atomic mass is 19.1. The first-order valence-corrected chi connectivity index (χ1v) is 9.75. The number of nitrogens with two attached hydrogens (primary N) is 1. The van der Waals surface area contributed by atoms with Gasteiger partial charge in [0.1, 0.15) is 29.5 Å². The molecule has 2 aliphatic rings. The van der Waals surface area contributed by atoms with Crippen molar-refractivity contribution in [2.75, 3.05) is 10.6 Å². The maximum atomic E-state index is 14.2. The largest absolute Gasteiger partial charge is 0.467 e. The van der Waals surface area contributed by atoms with Crippen LogP contribution in [0.5, 0.6) is 5.88 Å². The second kappa shape index (κ2) is 7.31. The number of nitriles is 1. The zero-order valence-corrected chi connectivity index (χ0v) is 17.2. The first-order chi connectivity index (χ1) is 15.5. The number of aliphatic imine (C=N–C) groups is 1. The van der Waals surface area contributed by atoms with Gasteiger partial charge >= 0.3 is 0 Å². The lowest BCUT2D eigenvalue weighted by atomic mass is 10.1. The Labute approximate surface area is 182 Å². The van der Waals surface area contributed by atoms with Gasteiger partial charge in [-0.2, -0.15) is 10.4 Å². The zero-order chi connectivity index (χ0) is 22.4. The third-order valence-electron chi connectivity index (χ3n) is 5.19. The highest BCUT2D eigenvalue weighted by Gasteiger charge is 2.26. The Morgan fingerprint density at radius 2 is 2.12 bits per heavy atom. The summed E-state index contributed by atoms with van der Waals surface area (Å²) in [7, 11) is 1.65. The standard InChI is InChI=1S/C22H17FN8O/c1-12-14-9-13(23)6-7-16(14)31-8-4-3-5-18(31)28-21-19(17(10-24)30(2)29-21)15-11-26-20(25)22(27-15)32-12/h3-9,11-12H,1-2H3,(H2,25,26)/b28-18-/t12-/m1/s1. The maximum absolute atomic E-state index is 14.2. The van der Waals surface area contributed by atoms with Gasteiger partial charge in [0.05, 0.1) is 23.1 Å². The van der Waals surface area contributed by atoms with Crippen LogP contribution in [0, 0.1) is 17.1 Å². The van der Waals surface area contributed by atoms with E-state index in [4.69, 9.17) is 15.5 Å². The molecule has 0 unspecified atom stereocenters. The van der Waals surface area contributed by atoms with E-state index < -0.39 is 11.9 Å². The number of allylic oxidation sites excluding steroid dienone is 2. The van der Waals surface area contributed by atoms with Crippen LogP contribution in [-0.2, 0) is 7.05 Å². The minimum atomic E-state index is -0.615. The molecule has 0 saturated carbocycles. The van der Waals surface area contributed by atoms with Crippen LogP contribution in [0.4, 0.5) is 21.7 Å². The van der Waals surface area contributed by atoms with Crippen LogP contribution in [-0.4, -0.2) is 25.6 Å². The second-order valence-electron chi connectivity index (χ2n) is 7.23. The number of nitrogens with zero attached hydrogens (tertiary/aromatic N) is 7. The number of amidine groups is 1. The molecule has 5 rings (SSSR count). The molecular weight excluding hydrogens is 411 g/mol. The Kier molecular flexibility index (Phi) is 4.44. The summed E-state index contributed by atoms with van der Waals surface area (Å²) in [5.74, 6) is 0.555. The summed E-state index contributed by atoms with van der Waals surface area (Å²) >= 11 is 0. The molecule has 9 nitrogen and oxygen atoms in total. The number of aryl methyl sites for hydroxylation is 1. The fraction of sp³-hybridized carbons (Fsp3) is 0.136. The first kappa shape index (κ1) is 19.4. The minimum Gasteiger partial charge on any atom is -0.467 e. The summed E-state index contributed by atoms with van der Waals surface area (Å²) in [5.41, 5.74) is 8.27. The number of ether oxygens (including phenoxy) is 1. The summed E-state index contributed by atoms with van der Waals surface area (Å²) < 4.78 is 21.7. The smallest absolute Gasteiger partial charge is 0.258 e. The topological polar surface area (TPSA) is 118 Å². The first-order valence-electron chi connectivity index (χ1n) is 9.75. The molecule has 0 radical (unpaired) electrons. The van der Waals surface area contributed by atoms with E-state index in [9.17, 15) is 9.65 Å². The van der Waals surface area contributed by atoms with Gasteiger partial charge in [-0.05, 0) is 37.3 Å². The van der Waals surface area contributed by atoms with Crippen molar-refractivity contribution in [1.29, 1.82) is 5.26 Å². The molecule has 2 aliphatic heterocycles. The van der Waals surface area contributed by atoms with Crippen LogP contribution in [0.3, 0.4) is 0 Å². The molecule has 32 heavy (non-hydrogen) atoms. The number of hydrogen-bond donors (Lipinski definition) is 1. The Morgan fingerprint density at radius 3 is 2.94 bits per heavy atom. The van der Waals surface area contributed by atoms with Gasteiger partial charge in [-0.3, -0.25) is 4.68 Å². The monoisotopic (exact) mass is 428 g/mol. The molecule has 1 atom stereocenters. The molecule has 3 aromatic rings. The third-order valence-corrected chi connectivity index (χ3v) is 5.19. The van der Waals surface area contributed by atoms with E-state index in [0.29, 0.717) is 28.3 Å². The molecular formula is C22H17FN8O. The van der Waals surface area contributed by atoms with E-state index >= 15 is 0 Å². The fourth-order valence-corrected chi connectivity index (χ4v) is 3.68. The molecule has 2 aromatic heterocycles. The van der Waals surface area contributed by atoms with Crippen molar-refractivity contribution in [2.24, 2.45) is 12.0 Å². The van der Waals surface area contributed by atoms with Crippen LogP contribution in [0.25, 0.3) is 11.3 Å². The molecule has 0 fully saturated rings. The summed E-state index contributed by atoms with van der Waals surface area (Å²) in [5, 5.41) is 14.2. The summed E-state index contributed by atoms with van der Waals surface area (Å²) in [6, 6.07) is 6.58. The molecule has 0 saturated heterocycles. The number of rotatable bonds is 0. The van der Waals surface area contributed by atoms with E-state index in [2.05, 4.69) is 21.1 Å². The number of hydrogen-bond acceptors (Lipinski definition) is 8. The number of nitrogen functional groups attached to an aromatic ring is 1. The molecule has 1 aromatic carbocycles. The molecule has 2 N–H and O–H groups in total. The quantitative estimate of drug-likeness (QED) is 0.582. The van der Waals surface area contributed by atoms with Crippen LogP contribution in [0.15, 0.2) is 53.8 Å². The average molecular weight is 428 g/mol. The van der Waals surface area contributed by atoms with Gasteiger partial charge in [-0.25, -0.2) is 19.4 Å². The van der Waals surface area contributed by atoms with Crippen LogP contribution in [0.1, 0.15) is 24.3 Å². The van der Waals surface area contributed by atoms with Crippen molar-refractivity contribution in [2.45, 2.75) is 13.0 Å². The van der Waals surface area contributed by atoms with Crippen LogP contribution < -0.4 is 15.4 Å². The zero-order valence-electron chi connectivity index (χ0n) is 17.2. The Morgan fingerprint density at radius 1 is 1.28 bits per heavy atom. The lowest BCUT2D eigenvalue weighted by Crippen LogP contribution is -2.27. The van der Waals surface area contributed by atoms with Crippen LogP contribution in [0.2, 0.25) is 0 Å². The van der Waals surface area contributed by atoms with Crippen molar-refractivity contribution in [3.8, 4) is 23.2 Å². The van der Waals surface area contributed by atoms with E-state index in [1.807, 2.05) is 23.3 Å². The Hall–Kier alpha value is -4.52. The van der Waals surface area contributed by atoms with Crippen LogP contribution >= 0.6 is 0 Å². The third kappa shape index (κ3) is 3.07. The van der Waals surface area contributed by atoms with E-state index in [0.717, 1.165) is 0 Å². The second-order valence-corrected chi connectivity index (χ2v) is 7.23. The number of benzene rings is 1. The predicted octanol–water partition coefficient (Wildman–Crippen LogP) is 3.54. The van der Waals surface area contributed by atoms with Crippen molar-refractivity contribution < 1.29 is 9.13 Å². The molecule has 0 aliphatic carbocycles. The number of anilines is 2. The molecule has 158 valence electrons. The predicted molar refractivity (Wildman–Crippen MR) is 117 cm³/mol. The van der Waals surface area contributed by atoms with E-state index in [1.165, 1.54) is 23.0 Å². The SMILES string of the molecule is C[C@H]1Oc2nc(cnc2N)-c2c(nn(C)c2C#N)/N=C2/C=CC=CN2c2ccc(F)cc21. The number of fused-ring (bicyclic) bond motifs is 7. The Bertz CT molecular complexity index is 1380. The number of halogens is 1. The van der Waals surface area contributed by atoms with Gasteiger partial charge in [0.2, 0.25) is 0 Å². The van der Waals surface area contributed by atoms with Gasteiger partial charge in [0, 0.05) is 18.8 Å². The average Bonchev–Trinajstić information content (AvgIpc) is 3.09. The molecule has 2 bridgehead atoms. The summed E-state index contributed by atoms with van der Waals surface area (Å²) in [4.78, 5) is 15.2. The van der Waals surface area contributed by atoms with Crippen molar-refractivity contribution in [3.63, 3.8) is 0 Å². The number of aromatic nitrogens is 4. The lowest BCUT2D eigenvalue weighted by Gasteiger charge is -2.27. The van der Waals surface area contributed by atoms with E-state index in [-0.39, 0.29) is 23.2 Å². The highest BCUT2D eigenvalue weighted by molar-refractivity contribution is 6.10. The molecule has 4 heterocycles. The molecule has 0 amide bonds. The van der Waals surface area contributed by atoms with Gasteiger partial charge in [0.15, 0.2) is 11.6 Å². The van der Waals surface area contributed by atoms with Gasteiger partial charge in [-0.1, -0.05) is 6.08 Å². The van der Waals surface area contributed by atoms with Crippen molar-refractivity contribution >= 4 is 23.2 Å². The van der Waals surface area contributed by atoms with Gasteiger partial charge < -0.3 is 15.4 Å². The Balaban J connectivity index is 1.85. The molecule has 10 heteroatoms. The van der Waals surface area contributed by atoms with E-state index in [1.54, 1.807) is 26.1 Å². The summed E-state index contributed by atoms with van der Waals surface area (Å²) in [6.07, 6.45) is 8.12. The normalized spacial score (nSPS) is 18.1. The van der Waals surface area contributed by atoms with Crippen molar-refractivity contribution in [3.05, 3.63) is 65.9 Å². The summed E-state index contributed by atoms with van der Waals surface area (Å²) in [6.45, 7) is 1.77. The molecule has 0 spiro atoms. The van der Waals surface area contributed by atoms with Crippen molar-refractivity contribution in [1.82, 2.24) is 19.7 Å². The van der Waals surface area contributed by atoms with Gasteiger partial charge in [-0.15, -0.1) is 0 Å².